The smallest absolute Gasteiger partial charge is 0.329 e. The molecule has 2 aromatic rings. The number of aromatic amines is 1. The third kappa shape index (κ3) is 15.3. The summed E-state index contributed by atoms with van der Waals surface area (Å²) in [6.07, 6.45) is 4.71. The quantitative estimate of drug-likeness (QED) is 0.297. The number of esters is 2. The summed E-state index contributed by atoms with van der Waals surface area (Å²) in [7, 11) is 0. The Kier molecular flexibility index (Phi) is 20.7. The Morgan fingerprint density at radius 1 is 0.868 bits per heavy atom. The first kappa shape index (κ1) is 37.9. The molecule has 2 unspecified atom stereocenters. The molecule has 1 N–H and O–H groups in total. The molecule has 216 valence electrons. The average molecular weight is 664 g/mol. The third-order valence-electron chi connectivity index (χ3n) is 4.80. The van der Waals surface area contributed by atoms with Gasteiger partial charge < -0.3 is 19.0 Å². The molecular formula is C28H44Br2N2O6. The standard InChI is InChI=1S/C13H18BrNO3.C9H18O2.C5H4BrNO.CH4/c1-4-18-13(17)11(8-9(2)3)15-7-5-6-10(14)12(15)16;1-5-11-9(10)8(4)6-7(2)3;6-4-2-1-3-7-5(4)8;/h5-7,9,11H,4,8H2,1-3H3;7-8H,5-6H2,1-4H3;1-3H,(H,7,8);1H4. The van der Waals surface area contributed by atoms with Crippen molar-refractivity contribution in [3.05, 3.63) is 66.3 Å². The number of H-pyrrole nitrogens is 1. The molecule has 0 aliphatic carbocycles. The van der Waals surface area contributed by atoms with Gasteiger partial charge in [0.05, 0.1) is 28.1 Å². The van der Waals surface area contributed by atoms with Crippen LogP contribution in [-0.2, 0) is 19.1 Å². The number of hydrogen-bond acceptors (Lipinski definition) is 6. The zero-order valence-corrected chi connectivity index (χ0v) is 25.9. The highest BCUT2D eigenvalue weighted by molar-refractivity contribution is 9.10. The van der Waals surface area contributed by atoms with E-state index >= 15 is 0 Å². The third-order valence-corrected chi connectivity index (χ3v) is 6.03. The van der Waals surface area contributed by atoms with Crippen molar-refractivity contribution < 1.29 is 19.1 Å². The van der Waals surface area contributed by atoms with Crippen molar-refractivity contribution in [3.8, 4) is 0 Å². The van der Waals surface area contributed by atoms with Crippen LogP contribution in [0, 0.1) is 17.8 Å². The van der Waals surface area contributed by atoms with Crippen molar-refractivity contribution in [2.75, 3.05) is 13.2 Å². The van der Waals surface area contributed by atoms with Crippen LogP contribution >= 0.6 is 31.9 Å². The summed E-state index contributed by atoms with van der Waals surface area (Å²) in [6.45, 7) is 14.5. The first-order valence-electron chi connectivity index (χ1n) is 12.4. The maximum Gasteiger partial charge on any atom is 0.329 e. The molecule has 0 aliphatic rings. The van der Waals surface area contributed by atoms with E-state index in [0.717, 1.165) is 6.42 Å². The second kappa shape index (κ2) is 20.7. The molecule has 0 saturated carbocycles. The Balaban J connectivity index is 0. The van der Waals surface area contributed by atoms with Gasteiger partial charge in [0, 0.05) is 12.4 Å². The lowest BCUT2D eigenvalue weighted by Gasteiger charge is -2.20. The number of ether oxygens (including phenoxy) is 2. The molecule has 2 aromatic heterocycles. The van der Waals surface area contributed by atoms with Gasteiger partial charge in [0.1, 0.15) is 6.04 Å². The summed E-state index contributed by atoms with van der Waals surface area (Å²) in [5.41, 5.74) is -0.302. The van der Waals surface area contributed by atoms with E-state index in [1.54, 1.807) is 43.6 Å². The number of hydrogen-bond donors (Lipinski definition) is 1. The lowest BCUT2D eigenvalue weighted by molar-refractivity contribution is -0.148. The Morgan fingerprint density at radius 3 is 1.84 bits per heavy atom. The lowest BCUT2D eigenvalue weighted by atomic mass is 9.99. The van der Waals surface area contributed by atoms with Crippen LogP contribution in [0.5, 0.6) is 0 Å². The van der Waals surface area contributed by atoms with Crippen molar-refractivity contribution >= 4 is 43.8 Å². The van der Waals surface area contributed by atoms with Gasteiger partial charge in [-0.1, -0.05) is 42.0 Å². The number of rotatable bonds is 9. The summed E-state index contributed by atoms with van der Waals surface area (Å²) in [5, 5.41) is 0. The van der Waals surface area contributed by atoms with Crippen molar-refractivity contribution in [2.45, 2.75) is 74.8 Å². The summed E-state index contributed by atoms with van der Waals surface area (Å²) in [6, 6.07) is 6.29. The second-order valence-corrected chi connectivity index (χ2v) is 10.8. The topological polar surface area (TPSA) is 107 Å². The van der Waals surface area contributed by atoms with Crippen molar-refractivity contribution in [3.63, 3.8) is 0 Å². The van der Waals surface area contributed by atoms with Gasteiger partial charge in [0.2, 0.25) is 0 Å². The molecule has 10 heteroatoms. The monoisotopic (exact) mass is 662 g/mol. The average Bonchev–Trinajstić information content (AvgIpc) is 2.82. The fourth-order valence-corrected chi connectivity index (χ4v) is 3.85. The van der Waals surface area contributed by atoms with E-state index < -0.39 is 6.04 Å². The largest absolute Gasteiger partial charge is 0.466 e. The number of halogens is 2. The van der Waals surface area contributed by atoms with Gasteiger partial charge in [0.15, 0.2) is 0 Å². The molecule has 0 radical (unpaired) electrons. The molecule has 0 saturated heterocycles. The molecular weight excluding hydrogens is 620 g/mol. The minimum Gasteiger partial charge on any atom is -0.466 e. The van der Waals surface area contributed by atoms with E-state index in [1.807, 2.05) is 27.7 Å². The fourth-order valence-electron chi connectivity index (χ4n) is 3.23. The van der Waals surface area contributed by atoms with Crippen LogP contribution in [0.4, 0.5) is 0 Å². The number of carbonyl (C=O) groups excluding carboxylic acids is 2. The maximum atomic E-state index is 12.0. The van der Waals surface area contributed by atoms with Crippen LogP contribution in [0.1, 0.15) is 74.8 Å². The van der Waals surface area contributed by atoms with Gasteiger partial charge in [-0.05, 0) is 94.7 Å². The summed E-state index contributed by atoms with van der Waals surface area (Å²) in [4.78, 5) is 48.0. The van der Waals surface area contributed by atoms with Gasteiger partial charge in [-0.2, -0.15) is 0 Å². The summed E-state index contributed by atoms with van der Waals surface area (Å²) < 4.78 is 12.4. The molecule has 0 aliphatic heterocycles. The molecule has 0 spiro atoms. The Hall–Kier alpha value is -2.20. The van der Waals surface area contributed by atoms with Crippen molar-refractivity contribution in [1.29, 1.82) is 0 Å². The number of aromatic nitrogens is 2. The molecule has 2 rings (SSSR count). The normalized spacial score (nSPS) is 11.7. The fraction of sp³-hybridized carbons (Fsp3) is 0.571. The van der Waals surface area contributed by atoms with Crippen molar-refractivity contribution in [2.24, 2.45) is 17.8 Å². The van der Waals surface area contributed by atoms with Gasteiger partial charge in [-0.15, -0.1) is 0 Å². The van der Waals surface area contributed by atoms with Crippen LogP contribution in [0.25, 0.3) is 0 Å². The zero-order valence-electron chi connectivity index (χ0n) is 22.8. The van der Waals surface area contributed by atoms with Gasteiger partial charge in [-0.3, -0.25) is 14.4 Å². The number of nitrogens with one attached hydrogen (secondary N) is 1. The lowest BCUT2D eigenvalue weighted by Crippen LogP contribution is -2.32. The molecule has 0 fully saturated rings. The molecule has 8 nitrogen and oxygen atoms in total. The first-order chi connectivity index (χ1) is 17.3. The van der Waals surface area contributed by atoms with E-state index in [1.165, 1.54) is 4.57 Å². The SMILES string of the molecule is C.CCOC(=O)C(C)CC(C)C.CCOC(=O)C(CC(C)C)n1cccc(Br)c1=O.O=c1[nH]cccc1Br. The second-order valence-electron chi connectivity index (χ2n) is 9.10. The van der Waals surface area contributed by atoms with E-state index in [0.29, 0.717) is 40.4 Å². The van der Waals surface area contributed by atoms with Crippen LogP contribution in [-0.4, -0.2) is 34.7 Å². The predicted octanol–water partition coefficient (Wildman–Crippen LogP) is 6.77. The molecule has 38 heavy (non-hydrogen) atoms. The highest BCUT2D eigenvalue weighted by Gasteiger charge is 2.24. The van der Waals surface area contributed by atoms with Gasteiger partial charge in [0.25, 0.3) is 11.1 Å². The summed E-state index contributed by atoms with van der Waals surface area (Å²) >= 11 is 6.23. The number of nitrogens with zero attached hydrogens (tertiary/aromatic N) is 1. The van der Waals surface area contributed by atoms with E-state index in [9.17, 15) is 19.2 Å². The van der Waals surface area contributed by atoms with Crippen LogP contribution in [0.15, 0.2) is 55.2 Å². The van der Waals surface area contributed by atoms with Gasteiger partial charge in [-0.25, -0.2) is 4.79 Å². The van der Waals surface area contributed by atoms with E-state index in [2.05, 4.69) is 50.7 Å². The minimum atomic E-state index is -0.560. The first-order valence-corrected chi connectivity index (χ1v) is 14.0. The van der Waals surface area contributed by atoms with E-state index in [-0.39, 0.29) is 36.4 Å². The predicted molar refractivity (Wildman–Crippen MR) is 160 cm³/mol. The van der Waals surface area contributed by atoms with Crippen molar-refractivity contribution in [1.82, 2.24) is 9.55 Å². The minimum absolute atomic E-state index is 0. The Labute approximate surface area is 243 Å². The van der Waals surface area contributed by atoms with E-state index in [4.69, 9.17) is 9.47 Å². The molecule has 0 amide bonds. The molecule has 0 aromatic carbocycles. The number of carbonyl (C=O) groups is 2. The Morgan fingerprint density at radius 2 is 1.39 bits per heavy atom. The van der Waals surface area contributed by atoms with Crippen LogP contribution in [0.3, 0.4) is 0 Å². The zero-order chi connectivity index (χ0) is 28.5. The highest BCUT2D eigenvalue weighted by Crippen LogP contribution is 2.18. The maximum absolute atomic E-state index is 12.0. The van der Waals surface area contributed by atoms with Gasteiger partial charge >= 0.3 is 11.9 Å². The molecule has 2 atom stereocenters. The Bertz CT molecular complexity index is 1070. The van der Waals surface area contributed by atoms with Crippen LogP contribution < -0.4 is 11.1 Å². The molecule has 0 bridgehead atoms. The number of pyridine rings is 2. The summed E-state index contributed by atoms with van der Waals surface area (Å²) in [5.74, 6) is 0.488. The van der Waals surface area contributed by atoms with Crippen LogP contribution in [0.2, 0.25) is 0 Å². The molecule has 2 heterocycles. The highest BCUT2D eigenvalue weighted by atomic mass is 79.9.